The van der Waals surface area contributed by atoms with Crippen LogP contribution in [0.2, 0.25) is 0 Å². The molecule has 0 unspecified atom stereocenters. The maximum atomic E-state index is 14.7. The maximum absolute atomic E-state index is 14.7. The minimum atomic E-state index is -4.55. The molecule has 79 heavy (non-hydrogen) atoms. The first-order chi connectivity index (χ1) is 38.2. The third-order valence-corrected chi connectivity index (χ3v) is 15.6. The second-order valence-electron chi connectivity index (χ2n) is 21.2. The van der Waals surface area contributed by atoms with Crippen LogP contribution >= 0.6 is 0 Å². The van der Waals surface area contributed by atoms with Crippen LogP contribution in [0.25, 0.3) is 122 Å². The van der Waals surface area contributed by atoms with Crippen LogP contribution in [0.1, 0.15) is 38.9 Å². The molecule has 6 heteroatoms. The van der Waals surface area contributed by atoms with E-state index in [0.29, 0.717) is 22.3 Å². The Hall–Kier alpha value is -9.70. The quantitative estimate of drug-likeness (QED) is 0.149. The van der Waals surface area contributed by atoms with Crippen LogP contribution in [0.4, 0.5) is 13.2 Å². The molecular formula is C73H52F3N3. The van der Waals surface area contributed by atoms with Crippen LogP contribution in [0.3, 0.4) is 0 Å². The first kappa shape index (κ1) is 48.9. The summed E-state index contributed by atoms with van der Waals surface area (Å²) in [5.41, 5.74) is 21.7. The molecule has 0 spiro atoms. The van der Waals surface area contributed by atoms with E-state index in [4.69, 9.17) is 0 Å². The zero-order chi connectivity index (χ0) is 54.3. The molecular weight excluding hydrogens is 976 g/mol. The van der Waals surface area contributed by atoms with Gasteiger partial charge in [0.1, 0.15) is 0 Å². The Morgan fingerprint density at radius 1 is 0.316 bits per heavy atom. The van der Waals surface area contributed by atoms with Gasteiger partial charge in [0, 0.05) is 32.7 Å². The van der Waals surface area contributed by atoms with Crippen molar-refractivity contribution in [3.63, 3.8) is 0 Å². The molecule has 3 nitrogen and oxygen atoms in total. The Kier molecular flexibility index (Phi) is 11.8. The van der Waals surface area contributed by atoms with E-state index in [1.54, 1.807) is 6.92 Å². The molecule has 11 aromatic carbocycles. The first-order valence-corrected chi connectivity index (χ1v) is 26.6. The third kappa shape index (κ3) is 8.84. The van der Waals surface area contributed by atoms with Crippen molar-refractivity contribution < 1.29 is 13.2 Å². The van der Waals surface area contributed by atoms with Gasteiger partial charge in [-0.05, 0) is 187 Å². The number of hydrogen-bond donors (Lipinski definition) is 0. The summed E-state index contributed by atoms with van der Waals surface area (Å²) in [6.45, 7) is 10.1. The number of nitrogens with zero attached hydrogens (tertiary/aromatic N) is 3. The zero-order valence-electron chi connectivity index (χ0n) is 44.3. The van der Waals surface area contributed by atoms with Gasteiger partial charge in [0.2, 0.25) is 0 Å². The smallest absolute Gasteiger partial charge is 0.309 e. The average Bonchev–Trinajstić information content (AvgIpc) is 4.06. The number of fused-ring (bicyclic) bond motifs is 6. The Morgan fingerprint density at radius 3 is 1.01 bits per heavy atom. The number of alkyl halides is 3. The van der Waals surface area contributed by atoms with Gasteiger partial charge in [0.25, 0.3) is 0 Å². The molecule has 2 aromatic heterocycles. The van der Waals surface area contributed by atoms with Gasteiger partial charge in [0.05, 0.1) is 50.6 Å². The molecule has 13 rings (SSSR count). The molecule has 0 fully saturated rings. The van der Waals surface area contributed by atoms with E-state index in [2.05, 4.69) is 213 Å². The molecule has 380 valence electrons. The highest BCUT2D eigenvalue weighted by atomic mass is 19.4. The monoisotopic (exact) mass is 1030 g/mol. The molecule has 13 aromatic rings. The molecule has 0 saturated heterocycles. The van der Waals surface area contributed by atoms with Gasteiger partial charge < -0.3 is 9.13 Å². The predicted octanol–water partition coefficient (Wildman–Crippen LogP) is 20.3. The summed E-state index contributed by atoms with van der Waals surface area (Å²) in [6.07, 6.45) is -4.55. The summed E-state index contributed by atoms with van der Waals surface area (Å²) in [7, 11) is 0. The number of benzene rings is 11. The lowest BCUT2D eigenvalue weighted by molar-refractivity contribution is -0.137. The summed E-state index contributed by atoms with van der Waals surface area (Å²) in [6, 6.07) is 79.2. The van der Waals surface area contributed by atoms with E-state index in [9.17, 15) is 18.4 Å². The van der Waals surface area contributed by atoms with Crippen LogP contribution in [-0.4, -0.2) is 9.13 Å². The largest absolute Gasteiger partial charge is 0.416 e. The highest BCUT2D eigenvalue weighted by Gasteiger charge is 2.31. The summed E-state index contributed by atoms with van der Waals surface area (Å²) < 4.78 is 48.6. The van der Waals surface area contributed by atoms with Crippen molar-refractivity contribution in [1.82, 2.24) is 9.13 Å². The Morgan fingerprint density at radius 2 is 0.646 bits per heavy atom. The number of halogens is 3. The SMILES string of the molecule is Cc1cccc(-c2ccc3c(c2)c2cc(-c4cccc(C)c4)ccc2n3-c2ccc(C#N)cc2-c2cc(-c3cc(C)cc(C(F)(F)F)c3)ccc2-n2c3ccc(-c4cccc(C)c4)cc3c3cc(-c4cccc(C)c4)ccc32)c1. The summed E-state index contributed by atoms with van der Waals surface area (Å²) in [5, 5.41) is 15.0. The molecule has 0 N–H and O–H groups in total. The van der Waals surface area contributed by atoms with Gasteiger partial charge in [0.15, 0.2) is 0 Å². The normalized spacial score (nSPS) is 11.8. The first-order valence-electron chi connectivity index (χ1n) is 26.6. The second kappa shape index (κ2) is 19.1. The Bertz CT molecular complexity index is 4470. The van der Waals surface area contributed by atoms with Gasteiger partial charge in [-0.3, -0.25) is 0 Å². The van der Waals surface area contributed by atoms with Crippen LogP contribution in [0.5, 0.6) is 0 Å². The zero-order valence-corrected chi connectivity index (χ0v) is 44.3. The standard InChI is InChI=1S/C73H52F3N3/c1-44-10-6-14-50(30-44)54-19-25-69-63(38-54)64-39-55(51-15-7-11-45(2)31-51)20-26-70(64)78(69)67-24-18-49(43-77)36-61(67)62-42-58(59-34-48(5)35-60(37-59)73(74,75)76)23-29-68(62)79-71-27-21-56(52-16-8-12-46(3)32-52)40-65(71)66-41-57(22-28-72(66)79)53-17-9-13-47(4)33-53/h6-42H,1-5H3. The highest BCUT2D eigenvalue weighted by Crippen LogP contribution is 2.46. The molecule has 0 aliphatic carbocycles. The lowest BCUT2D eigenvalue weighted by Gasteiger charge is -2.20. The lowest BCUT2D eigenvalue weighted by atomic mass is 9.93. The highest BCUT2D eigenvalue weighted by molar-refractivity contribution is 6.14. The molecule has 0 atom stereocenters. The summed E-state index contributed by atoms with van der Waals surface area (Å²) in [4.78, 5) is 0. The van der Waals surface area contributed by atoms with E-state index in [-0.39, 0.29) is 0 Å². The molecule has 2 heterocycles. The van der Waals surface area contributed by atoms with E-state index in [0.717, 1.165) is 111 Å². The number of nitriles is 1. The van der Waals surface area contributed by atoms with Gasteiger partial charge in [-0.15, -0.1) is 0 Å². The van der Waals surface area contributed by atoms with Crippen LogP contribution in [0.15, 0.2) is 224 Å². The number of rotatable bonds is 8. The van der Waals surface area contributed by atoms with Gasteiger partial charge in [-0.1, -0.05) is 156 Å². The third-order valence-electron chi connectivity index (χ3n) is 15.6. The maximum Gasteiger partial charge on any atom is 0.416 e. The van der Waals surface area contributed by atoms with Gasteiger partial charge >= 0.3 is 6.18 Å². The summed E-state index contributed by atoms with van der Waals surface area (Å²) >= 11 is 0. The molecule has 0 aliphatic heterocycles. The second-order valence-corrected chi connectivity index (χ2v) is 21.2. The van der Waals surface area contributed by atoms with Crippen molar-refractivity contribution in [2.45, 2.75) is 40.8 Å². The minimum absolute atomic E-state index is 0.440. The van der Waals surface area contributed by atoms with Crippen molar-refractivity contribution in [1.29, 1.82) is 5.26 Å². The van der Waals surface area contributed by atoms with Crippen molar-refractivity contribution in [3.05, 3.63) is 263 Å². The number of aryl methyl sites for hydroxylation is 5. The van der Waals surface area contributed by atoms with Crippen LogP contribution in [-0.2, 0) is 6.18 Å². The average molecular weight is 1030 g/mol. The van der Waals surface area contributed by atoms with Crippen LogP contribution < -0.4 is 0 Å². The fraction of sp³-hybridized carbons (Fsp3) is 0.0822. The van der Waals surface area contributed by atoms with Crippen molar-refractivity contribution >= 4 is 43.6 Å². The topological polar surface area (TPSA) is 33.6 Å². The van der Waals surface area contributed by atoms with Crippen LogP contribution in [0, 0.1) is 45.9 Å². The fourth-order valence-electron chi connectivity index (χ4n) is 11.8. The summed E-state index contributed by atoms with van der Waals surface area (Å²) in [5.74, 6) is 0. The molecule has 0 bridgehead atoms. The molecule has 0 saturated carbocycles. The van der Waals surface area contributed by atoms with Crippen molar-refractivity contribution in [2.75, 3.05) is 0 Å². The Balaban J connectivity index is 1.12. The van der Waals surface area contributed by atoms with Crippen molar-refractivity contribution in [2.24, 2.45) is 0 Å². The van der Waals surface area contributed by atoms with Gasteiger partial charge in [-0.2, -0.15) is 18.4 Å². The molecule has 0 aliphatic rings. The van der Waals surface area contributed by atoms with E-state index >= 15 is 0 Å². The number of aromatic nitrogens is 2. The Labute approximate surface area is 457 Å². The molecule has 0 amide bonds. The van der Waals surface area contributed by atoms with E-state index in [1.165, 1.54) is 34.4 Å². The van der Waals surface area contributed by atoms with Crippen molar-refractivity contribution in [3.8, 4) is 84.2 Å². The van der Waals surface area contributed by atoms with E-state index < -0.39 is 11.7 Å². The molecule has 0 radical (unpaired) electrons. The predicted molar refractivity (Wildman–Crippen MR) is 321 cm³/mol. The van der Waals surface area contributed by atoms with E-state index in [1.807, 2.05) is 42.5 Å². The fourth-order valence-corrected chi connectivity index (χ4v) is 11.8. The van der Waals surface area contributed by atoms with Gasteiger partial charge in [-0.25, -0.2) is 0 Å². The number of hydrogen-bond acceptors (Lipinski definition) is 1. The lowest BCUT2D eigenvalue weighted by Crippen LogP contribution is -2.05. The minimum Gasteiger partial charge on any atom is -0.309 e.